The first-order chi connectivity index (χ1) is 14.5. The quantitative estimate of drug-likeness (QED) is 0.666. The van der Waals surface area contributed by atoms with Gasteiger partial charge >= 0.3 is 0 Å². The van der Waals surface area contributed by atoms with Gasteiger partial charge in [0, 0.05) is 55.6 Å². The van der Waals surface area contributed by atoms with Crippen molar-refractivity contribution < 1.29 is 14.3 Å². The number of carbonyl (C=O) groups is 1. The molecule has 2 heterocycles. The van der Waals surface area contributed by atoms with Crippen LogP contribution in [0.5, 0.6) is 11.5 Å². The van der Waals surface area contributed by atoms with Gasteiger partial charge in [-0.2, -0.15) is 5.10 Å². The van der Waals surface area contributed by atoms with E-state index >= 15 is 0 Å². The van der Waals surface area contributed by atoms with Crippen LogP contribution in [-0.4, -0.2) is 28.9 Å². The van der Waals surface area contributed by atoms with Crippen LogP contribution in [0.15, 0.2) is 42.6 Å². The van der Waals surface area contributed by atoms with Gasteiger partial charge < -0.3 is 20.1 Å². The van der Waals surface area contributed by atoms with Crippen LogP contribution >= 0.6 is 0 Å². The van der Waals surface area contributed by atoms with Gasteiger partial charge in [-0.15, -0.1) is 0 Å². The molecule has 1 aromatic heterocycles. The predicted octanol–water partition coefficient (Wildman–Crippen LogP) is 4.13. The third-order valence-corrected chi connectivity index (χ3v) is 4.96. The number of amides is 1. The molecule has 0 radical (unpaired) electrons. The van der Waals surface area contributed by atoms with Gasteiger partial charge in [-0.05, 0) is 42.8 Å². The number of rotatable bonds is 5. The van der Waals surface area contributed by atoms with Crippen molar-refractivity contribution in [3.05, 3.63) is 53.7 Å². The molecule has 0 fully saturated rings. The number of hydrogen-bond acceptors (Lipinski definition) is 5. The highest BCUT2D eigenvalue weighted by Gasteiger charge is 2.15. The number of carbonyl (C=O) groups excluding carboxylic acids is 1. The van der Waals surface area contributed by atoms with Crippen LogP contribution in [0, 0.1) is 6.92 Å². The number of benzene rings is 2. The molecule has 0 saturated heterocycles. The summed E-state index contributed by atoms with van der Waals surface area (Å²) < 4.78 is 13.4. The molecular weight excluding hydrogens is 380 g/mol. The third kappa shape index (κ3) is 4.40. The van der Waals surface area contributed by atoms with E-state index in [2.05, 4.69) is 15.7 Å². The summed E-state index contributed by atoms with van der Waals surface area (Å²) in [5.74, 6) is 1.45. The lowest BCUT2D eigenvalue weighted by Gasteiger charge is -2.12. The number of fused-ring (bicyclic) bond motifs is 1. The minimum atomic E-state index is -0.0841. The Morgan fingerprint density at radius 2 is 1.93 bits per heavy atom. The fraction of sp³-hybridized carbons (Fsp3) is 0.304. The first-order valence-corrected chi connectivity index (χ1v) is 10.0. The van der Waals surface area contributed by atoms with Crippen LogP contribution in [0.4, 0.5) is 11.4 Å². The number of anilines is 2. The van der Waals surface area contributed by atoms with Crippen molar-refractivity contribution in [2.24, 2.45) is 7.05 Å². The van der Waals surface area contributed by atoms with E-state index in [4.69, 9.17) is 9.47 Å². The topological polar surface area (TPSA) is 77.4 Å². The summed E-state index contributed by atoms with van der Waals surface area (Å²) in [5.41, 5.74) is 5.70. The van der Waals surface area contributed by atoms with Gasteiger partial charge in [0.25, 0.3) is 0 Å². The van der Waals surface area contributed by atoms with Crippen LogP contribution in [0.1, 0.15) is 24.5 Å². The van der Waals surface area contributed by atoms with E-state index in [-0.39, 0.29) is 5.91 Å². The zero-order valence-electron chi connectivity index (χ0n) is 17.5. The molecule has 156 valence electrons. The molecule has 0 spiro atoms. The van der Waals surface area contributed by atoms with Gasteiger partial charge in [-0.25, -0.2) is 0 Å². The molecule has 7 nitrogen and oxygen atoms in total. The molecular formula is C23H26N4O3. The predicted molar refractivity (Wildman–Crippen MR) is 117 cm³/mol. The number of hydrogen-bond donors (Lipinski definition) is 2. The maximum absolute atomic E-state index is 11.4. The Hall–Kier alpha value is -3.48. The minimum Gasteiger partial charge on any atom is -0.490 e. The summed E-state index contributed by atoms with van der Waals surface area (Å²) in [7, 11) is 1.91. The van der Waals surface area contributed by atoms with E-state index in [0.29, 0.717) is 19.8 Å². The zero-order chi connectivity index (χ0) is 21.1. The number of ether oxygens (including phenoxy) is 2. The van der Waals surface area contributed by atoms with Crippen LogP contribution < -0.4 is 20.1 Å². The summed E-state index contributed by atoms with van der Waals surface area (Å²) in [6, 6.07) is 11.9. The van der Waals surface area contributed by atoms with Crippen LogP contribution in [0.25, 0.3) is 11.3 Å². The fourth-order valence-corrected chi connectivity index (χ4v) is 3.47. The highest BCUT2D eigenvalue weighted by Crippen LogP contribution is 2.35. The molecule has 0 unspecified atom stereocenters. The molecule has 0 atom stereocenters. The number of aryl methyl sites for hydroxylation is 2. The lowest BCUT2D eigenvalue weighted by molar-refractivity contribution is -0.114. The first kappa shape index (κ1) is 19.8. The Kier molecular flexibility index (Phi) is 5.61. The number of aromatic nitrogens is 2. The molecule has 0 saturated carbocycles. The minimum absolute atomic E-state index is 0.0841. The van der Waals surface area contributed by atoms with E-state index in [1.165, 1.54) is 6.92 Å². The largest absolute Gasteiger partial charge is 0.490 e. The molecule has 1 aliphatic rings. The van der Waals surface area contributed by atoms with Crippen LogP contribution in [0.2, 0.25) is 0 Å². The van der Waals surface area contributed by atoms with E-state index in [1.54, 1.807) is 0 Å². The lowest BCUT2D eigenvalue weighted by atomic mass is 10.1. The second-order valence-corrected chi connectivity index (χ2v) is 7.45. The zero-order valence-corrected chi connectivity index (χ0v) is 17.5. The van der Waals surface area contributed by atoms with Crippen molar-refractivity contribution in [3.8, 4) is 22.8 Å². The van der Waals surface area contributed by atoms with E-state index in [1.807, 2.05) is 61.2 Å². The van der Waals surface area contributed by atoms with E-state index in [9.17, 15) is 4.79 Å². The van der Waals surface area contributed by atoms with Crippen LogP contribution in [0.3, 0.4) is 0 Å². The van der Waals surface area contributed by atoms with Gasteiger partial charge in [-0.3, -0.25) is 9.48 Å². The average molecular weight is 406 g/mol. The molecule has 2 aromatic carbocycles. The molecule has 1 amide bonds. The SMILES string of the molecule is CC(=O)Nc1cc(NCc2cn(C)nc2-c2ccc3c(c2)OCCCO3)ccc1C. The fourth-order valence-electron chi connectivity index (χ4n) is 3.47. The van der Waals surface area contributed by atoms with Gasteiger partial charge in [0.1, 0.15) is 0 Å². The summed E-state index contributed by atoms with van der Waals surface area (Å²) in [6.07, 6.45) is 2.88. The van der Waals surface area contributed by atoms with E-state index < -0.39 is 0 Å². The van der Waals surface area contributed by atoms with Crippen molar-refractivity contribution in [1.29, 1.82) is 0 Å². The summed E-state index contributed by atoms with van der Waals surface area (Å²) >= 11 is 0. The highest BCUT2D eigenvalue weighted by atomic mass is 16.5. The monoisotopic (exact) mass is 406 g/mol. The molecule has 4 rings (SSSR count). The second kappa shape index (κ2) is 8.49. The van der Waals surface area contributed by atoms with Crippen molar-refractivity contribution in [3.63, 3.8) is 0 Å². The Morgan fingerprint density at radius 1 is 1.13 bits per heavy atom. The lowest BCUT2D eigenvalue weighted by Crippen LogP contribution is -2.08. The molecule has 7 heteroatoms. The van der Waals surface area contributed by atoms with Gasteiger partial charge in [0.2, 0.25) is 5.91 Å². The van der Waals surface area contributed by atoms with Crippen molar-refractivity contribution in [2.75, 3.05) is 23.8 Å². The summed E-state index contributed by atoms with van der Waals surface area (Å²) in [6.45, 7) is 5.40. The van der Waals surface area contributed by atoms with E-state index in [0.717, 1.165) is 51.7 Å². The molecule has 1 aliphatic heterocycles. The Morgan fingerprint density at radius 3 is 2.73 bits per heavy atom. The van der Waals surface area contributed by atoms with Crippen molar-refractivity contribution >= 4 is 17.3 Å². The standard InChI is InChI=1S/C23H26N4O3/c1-15-5-7-19(12-20(15)25-16(2)28)24-13-18-14-27(3)26-23(18)17-6-8-21-22(11-17)30-10-4-9-29-21/h5-8,11-12,14,24H,4,9-10,13H2,1-3H3,(H,25,28). The molecule has 30 heavy (non-hydrogen) atoms. The molecule has 0 aliphatic carbocycles. The smallest absolute Gasteiger partial charge is 0.221 e. The molecule has 3 aromatic rings. The molecule has 0 bridgehead atoms. The van der Waals surface area contributed by atoms with Crippen LogP contribution in [-0.2, 0) is 18.4 Å². The van der Waals surface area contributed by atoms with Gasteiger partial charge in [-0.1, -0.05) is 6.07 Å². The Balaban J connectivity index is 1.56. The highest BCUT2D eigenvalue weighted by molar-refractivity contribution is 5.90. The number of nitrogens with one attached hydrogen (secondary N) is 2. The maximum Gasteiger partial charge on any atom is 0.221 e. The third-order valence-electron chi connectivity index (χ3n) is 4.96. The maximum atomic E-state index is 11.4. The molecule has 2 N–H and O–H groups in total. The van der Waals surface area contributed by atoms with Gasteiger partial charge in [0.15, 0.2) is 11.5 Å². The normalized spacial score (nSPS) is 12.9. The Bertz CT molecular complexity index is 1070. The Labute approximate surface area is 176 Å². The summed E-state index contributed by atoms with van der Waals surface area (Å²) in [4.78, 5) is 11.4. The average Bonchev–Trinajstić information content (AvgIpc) is 2.93. The van der Waals surface area contributed by atoms with Crippen molar-refractivity contribution in [1.82, 2.24) is 9.78 Å². The number of nitrogens with zero attached hydrogens (tertiary/aromatic N) is 2. The van der Waals surface area contributed by atoms with Crippen molar-refractivity contribution in [2.45, 2.75) is 26.8 Å². The van der Waals surface area contributed by atoms with Gasteiger partial charge in [0.05, 0.1) is 18.9 Å². The first-order valence-electron chi connectivity index (χ1n) is 10.0. The second-order valence-electron chi connectivity index (χ2n) is 7.45. The summed E-state index contributed by atoms with van der Waals surface area (Å²) in [5, 5.41) is 11.0.